The summed E-state index contributed by atoms with van der Waals surface area (Å²) in [5, 5.41) is 0.561. The number of carbonyl (C=O) groups is 2. The second-order valence-electron chi connectivity index (χ2n) is 6.39. The molecular formula is C23H15ClFNO3S. The molecule has 0 radical (unpaired) electrons. The molecule has 7 heteroatoms. The van der Waals surface area contributed by atoms with E-state index in [1.54, 1.807) is 61.7 Å². The monoisotopic (exact) mass is 439 g/mol. The number of methoxy groups -OCH3 is 1. The van der Waals surface area contributed by atoms with Crippen molar-refractivity contribution in [2.24, 2.45) is 0 Å². The van der Waals surface area contributed by atoms with Gasteiger partial charge >= 0.3 is 0 Å². The van der Waals surface area contributed by atoms with E-state index in [4.69, 9.17) is 16.3 Å². The summed E-state index contributed by atoms with van der Waals surface area (Å²) in [5.41, 5.74) is 0.681. The van der Waals surface area contributed by atoms with Crippen molar-refractivity contribution in [3.63, 3.8) is 0 Å². The number of para-hydroxylation sites is 1. The molecule has 0 spiro atoms. The Hall–Kier alpha value is -3.09. The molecule has 0 N–H and O–H groups in total. The van der Waals surface area contributed by atoms with Crippen molar-refractivity contribution in [3.05, 3.63) is 94.1 Å². The van der Waals surface area contributed by atoms with Crippen molar-refractivity contribution in [2.75, 3.05) is 12.0 Å². The number of anilines is 1. The summed E-state index contributed by atoms with van der Waals surface area (Å²) in [5.74, 6) is -1.18. The van der Waals surface area contributed by atoms with Crippen molar-refractivity contribution in [3.8, 4) is 5.75 Å². The highest BCUT2D eigenvalue weighted by Crippen LogP contribution is 2.42. The third kappa shape index (κ3) is 3.72. The van der Waals surface area contributed by atoms with Gasteiger partial charge in [0.15, 0.2) is 0 Å². The van der Waals surface area contributed by atoms with Crippen LogP contribution in [-0.4, -0.2) is 18.9 Å². The van der Waals surface area contributed by atoms with Crippen LogP contribution in [0, 0.1) is 5.82 Å². The van der Waals surface area contributed by atoms with Crippen LogP contribution in [0.15, 0.2) is 82.6 Å². The number of nitrogens with zero attached hydrogens (tertiary/aromatic N) is 1. The van der Waals surface area contributed by atoms with E-state index in [1.807, 2.05) is 0 Å². The summed E-state index contributed by atoms with van der Waals surface area (Å²) >= 11 is 7.09. The fourth-order valence-electron chi connectivity index (χ4n) is 3.09. The third-order valence-electron chi connectivity index (χ3n) is 4.55. The molecule has 4 nitrogen and oxygen atoms in total. The number of halogens is 2. The molecule has 0 fully saturated rings. The summed E-state index contributed by atoms with van der Waals surface area (Å²) in [4.78, 5) is 28.4. The average Bonchev–Trinajstić information content (AvgIpc) is 3.00. The van der Waals surface area contributed by atoms with Crippen LogP contribution in [0.3, 0.4) is 0 Å². The maximum absolute atomic E-state index is 14.4. The zero-order valence-corrected chi connectivity index (χ0v) is 17.3. The van der Waals surface area contributed by atoms with E-state index in [0.717, 1.165) is 21.6 Å². The van der Waals surface area contributed by atoms with E-state index < -0.39 is 17.6 Å². The normalized spacial score (nSPS) is 13.9. The number of amides is 2. The van der Waals surface area contributed by atoms with E-state index in [2.05, 4.69) is 0 Å². The lowest BCUT2D eigenvalue weighted by molar-refractivity contribution is -0.119. The second kappa shape index (κ2) is 8.34. The van der Waals surface area contributed by atoms with Crippen molar-refractivity contribution in [1.29, 1.82) is 0 Å². The molecule has 1 aliphatic rings. The van der Waals surface area contributed by atoms with Gasteiger partial charge in [0.1, 0.15) is 11.6 Å². The Kier molecular flexibility index (Phi) is 5.61. The van der Waals surface area contributed by atoms with E-state index in [0.29, 0.717) is 16.3 Å². The van der Waals surface area contributed by atoms with E-state index in [9.17, 15) is 14.0 Å². The van der Waals surface area contributed by atoms with Gasteiger partial charge in [0.25, 0.3) is 11.8 Å². The minimum absolute atomic E-state index is 0.0785. The first-order valence-electron chi connectivity index (χ1n) is 8.95. The Labute approximate surface area is 181 Å². The van der Waals surface area contributed by atoms with Gasteiger partial charge in [0.05, 0.1) is 23.3 Å². The number of thioether (sulfide) groups is 1. The van der Waals surface area contributed by atoms with Crippen molar-refractivity contribution in [1.82, 2.24) is 0 Å². The lowest BCUT2D eigenvalue weighted by Crippen LogP contribution is -2.32. The molecule has 3 aromatic carbocycles. The summed E-state index contributed by atoms with van der Waals surface area (Å²) in [6, 6.07) is 19.4. The van der Waals surface area contributed by atoms with Crippen LogP contribution < -0.4 is 9.64 Å². The van der Waals surface area contributed by atoms with Crippen LogP contribution >= 0.6 is 23.4 Å². The first-order chi connectivity index (χ1) is 14.5. The Morgan fingerprint density at radius 1 is 0.900 bits per heavy atom. The highest BCUT2D eigenvalue weighted by Gasteiger charge is 2.41. The van der Waals surface area contributed by atoms with Gasteiger partial charge in [0, 0.05) is 9.92 Å². The van der Waals surface area contributed by atoms with Crippen LogP contribution in [0.1, 0.15) is 5.56 Å². The molecule has 0 bridgehead atoms. The molecule has 0 atom stereocenters. The Morgan fingerprint density at radius 3 is 2.20 bits per heavy atom. The molecule has 2 amide bonds. The zero-order valence-electron chi connectivity index (χ0n) is 15.8. The van der Waals surface area contributed by atoms with Crippen molar-refractivity contribution in [2.45, 2.75) is 4.90 Å². The highest BCUT2D eigenvalue weighted by molar-refractivity contribution is 8.04. The predicted molar refractivity (Wildman–Crippen MR) is 116 cm³/mol. The minimum Gasteiger partial charge on any atom is -0.497 e. The first kappa shape index (κ1) is 20.2. The van der Waals surface area contributed by atoms with Gasteiger partial charge in [-0.25, -0.2) is 9.29 Å². The second-order valence-corrected chi connectivity index (χ2v) is 7.91. The van der Waals surface area contributed by atoms with Crippen LogP contribution in [-0.2, 0) is 9.59 Å². The fourth-order valence-corrected chi connectivity index (χ4v) is 4.21. The Bertz CT molecular complexity index is 1160. The van der Waals surface area contributed by atoms with Crippen LogP contribution in [0.4, 0.5) is 10.1 Å². The molecule has 30 heavy (non-hydrogen) atoms. The predicted octanol–water partition coefficient (Wildman–Crippen LogP) is 5.56. The van der Waals surface area contributed by atoms with Crippen molar-refractivity contribution < 1.29 is 18.7 Å². The number of rotatable bonds is 5. The van der Waals surface area contributed by atoms with Crippen molar-refractivity contribution >= 4 is 46.4 Å². The smallest absolute Gasteiger partial charge is 0.273 e. The van der Waals surface area contributed by atoms with E-state index in [1.165, 1.54) is 18.2 Å². The molecule has 3 aromatic rings. The van der Waals surface area contributed by atoms with Gasteiger partial charge in [-0.05, 0) is 54.1 Å². The molecular weight excluding hydrogens is 425 g/mol. The van der Waals surface area contributed by atoms with Gasteiger partial charge < -0.3 is 4.74 Å². The Morgan fingerprint density at radius 2 is 1.57 bits per heavy atom. The lowest BCUT2D eigenvalue weighted by Gasteiger charge is -2.15. The molecule has 4 rings (SSSR count). The number of hydrogen-bond acceptors (Lipinski definition) is 4. The summed E-state index contributed by atoms with van der Waals surface area (Å²) < 4.78 is 19.6. The highest BCUT2D eigenvalue weighted by atomic mass is 35.5. The number of hydrogen-bond donors (Lipinski definition) is 0. The third-order valence-corrected chi connectivity index (χ3v) is 5.89. The molecule has 0 aromatic heterocycles. The van der Waals surface area contributed by atoms with Gasteiger partial charge in [-0.15, -0.1) is 0 Å². The first-order valence-corrected chi connectivity index (χ1v) is 10.1. The summed E-state index contributed by atoms with van der Waals surface area (Å²) in [6.45, 7) is 0. The van der Waals surface area contributed by atoms with Crippen LogP contribution in [0.5, 0.6) is 5.75 Å². The summed E-state index contributed by atoms with van der Waals surface area (Å²) in [6.07, 6.45) is 0. The molecule has 0 saturated heterocycles. The Balaban J connectivity index is 1.82. The van der Waals surface area contributed by atoms with Gasteiger partial charge in [-0.1, -0.05) is 47.6 Å². The molecule has 1 aliphatic heterocycles. The number of ether oxygens (including phenoxy) is 1. The molecule has 0 aliphatic carbocycles. The maximum atomic E-state index is 14.4. The van der Waals surface area contributed by atoms with Crippen LogP contribution in [0.25, 0.3) is 5.57 Å². The van der Waals surface area contributed by atoms with E-state index >= 15 is 0 Å². The molecule has 150 valence electrons. The standard InChI is InChI=1S/C23H15ClFNO3S/c1-29-16-10-6-14(7-11-16)20-21(30-17-12-8-15(24)9-13-17)23(28)26(22(20)27)19-5-3-2-4-18(19)25/h2-13H,1H3. The molecule has 0 saturated carbocycles. The molecule has 0 unspecified atom stereocenters. The fraction of sp³-hybridized carbons (Fsp3) is 0.0435. The van der Waals surface area contributed by atoms with Gasteiger partial charge in [0.2, 0.25) is 0 Å². The maximum Gasteiger partial charge on any atom is 0.273 e. The SMILES string of the molecule is COc1ccc(C2=C(Sc3ccc(Cl)cc3)C(=O)N(c3ccccc3F)C2=O)cc1. The van der Waals surface area contributed by atoms with Crippen LogP contribution in [0.2, 0.25) is 5.02 Å². The lowest BCUT2D eigenvalue weighted by atomic mass is 10.1. The molecule has 1 heterocycles. The van der Waals surface area contributed by atoms with Gasteiger partial charge in [-0.2, -0.15) is 0 Å². The summed E-state index contributed by atoms with van der Waals surface area (Å²) in [7, 11) is 1.54. The zero-order chi connectivity index (χ0) is 21.3. The average molecular weight is 440 g/mol. The quantitative estimate of drug-likeness (QED) is 0.488. The minimum atomic E-state index is -0.647. The topological polar surface area (TPSA) is 46.6 Å². The number of carbonyl (C=O) groups excluding carboxylic acids is 2. The largest absolute Gasteiger partial charge is 0.497 e. The van der Waals surface area contributed by atoms with Gasteiger partial charge in [-0.3, -0.25) is 9.59 Å². The number of benzene rings is 3. The van der Waals surface area contributed by atoms with E-state index in [-0.39, 0.29) is 16.2 Å². The number of imide groups is 1.